The zero-order valence-electron chi connectivity index (χ0n) is 14.7. The van der Waals surface area contributed by atoms with Crippen LogP contribution in [0.4, 0.5) is 0 Å². The number of amides is 1. The minimum absolute atomic E-state index is 0.104. The molecular formula is C19H17N5O3. The van der Waals surface area contributed by atoms with Gasteiger partial charge in [-0.1, -0.05) is 12.1 Å². The van der Waals surface area contributed by atoms with Gasteiger partial charge in [-0.3, -0.25) is 14.2 Å². The summed E-state index contributed by atoms with van der Waals surface area (Å²) in [5, 5.41) is 2.82. The molecule has 0 bridgehead atoms. The number of rotatable bonds is 4. The van der Waals surface area contributed by atoms with Crippen molar-refractivity contribution < 1.29 is 9.53 Å². The molecule has 0 atom stereocenters. The lowest BCUT2D eigenvalue weighted by Gasteiger charge is -2.12. The number of carbonyl (C=O) groups excluding carboxylic acids is 1. The lowest BCUT2D eigenvalue weighted by Crippen LogP contribution is -2.29. The molecule has 8 heteroatoms. The van der Waals surface area contributed by atoms with E-state index in [9.17, 15) is 9.59 Å². The van der Waals surface area contributed by atoms with Crippen molar-refractivity contribution in [1.82, 2.24) is 24.8 Å². The smallest absolute Gasteiger partial charge is 0.255 e. The molecule has 136 valence electrons. The molecule has 1 N–H and O–H groups in total. The standard InChI is InChI=1S/C19H17N5O3/c1-24-16(23-15(9-17(24)25)14-5-7-20-11-22-14)10-21-19(26)13-4-2-3-12-6-8-27-18(12)13/h2-5,7,9,11H,6,8,10H2,1H3,(H,21,26). The molecule has 0 saturated carbocycles. The maximum atomic E-state index is 12.6. The summed E-state index contributed by atoms with van der Waals surface area (Å²) in [6.45, 7) is 0.684. The summed E-state index contributed by atoms with van der Waals surface area (Å²) >= 11 is 0. The van der Waals surface area contributed by atoms with E-state index in [0.717, 1.165) is 12.0 Å². The molecule has 0 fully saturated rings. The van der Waals surface area contributed by atoms with Crippen LogP contribution >= 0.6 is 0 Å². The van der Waals surface area contributed by atoms with Crippen LogP contribution in [0.3, 0.4) is 0 Å². The number of para-hydroxylation sites is 1. The van der Waals surface area contributed by atoms with Crippen LogP contribution in [-0.4, -0.2) is 32.0 Å². The second kappa shape index (κ2) is 6.99. The first-order valence-electron chi connectivity index (χ1n) is 8.49. The second-order valence-electron chi connectivity index (χ2n) is 6.12. The van der Waals surface area contributed by atoms with E-state index in [4.69, 9.17) is 4.74 Å². The van der Waals surface area contributed by atoms with Crippen molar-refractivity contribution in [3.8, 4) is 17.1 Å². The van der Waals surface area contributed by atoms with Crippen LogP contribution in [0.5, 0.6) is 5.75 Å². The Labute approximate surface area is 154 Å². The monoisotopic (exact) mass is 363 g/mol. The van der Waals surface area contributed by atoms with Gasteiger partial charge in [-0.05, 0) is 17.7 Å². The number of aromatic nitrogens is 4. The Hall–Kier alpha value is -3.55. The number of nitrogens with one attached hydrogen (secondary N) is 1. The third-order valence-corrected chi connectivity index (χ3v) is 4.44. The maximum absolute atomic E-state index is 12.6. The fourth-order valence-corrected chi connectivity index (χ4v) is 2.97. The van der Waals surface area contributed by atoms with Gasteiger partial charge in [0.1, 0.15) is 17.9 Å². The van der Waals surface area contributed by atoms with Gasteiger partial charge in [0.25, 0.3) is 11.5 Å². The van der Waals surface area contributed by atoms with E-state index in [-0.39, 0.29) is 18.0 Å². The van der Waals surface area contributed by atoms with Crippen LogP contribution in [-0.2, 0) is 20.0 Å². The molecule has 0 spiro atoms. The summed E-state index contributed by atoms with van der Waals surface area (Å²) in [4.78, 5) is 37.3. The van der Waals surface area contributed by atoms with Gasteiger partial charge < -0.3 is 10.1 Å². The van der Waals surface area contributed by atoms with Crippen LogP contribution in [0, 0.1) is 0 Å². The van der Waals surface area contributed by atoms with Crippen molar-refractivity contribution >= 4 is 5.91 Å². The van der Waals surface area contributed by atoms with E-state index < -0.39 is 0 Å². The summed E-state index contributed by atoms with van der Waals surface area (Å²) < 4.78 is 6.98. The molecule has 0 radical (unpaired) electrons. The summed E-state index contributed by atoms with van der Waals surface area (Å²) in [6, 6.07) is 8.60. The summed E-state index contributed by atoms with van der Waals surface area (Å²) in [7, 11) is 1.61. The zero-order chi connectivity index (χ0) is 18.8. The number of benzene rings is 1. The van der Waals surface area contributed by atoms with E-state index in [1.807, 2.05) is 12.1 Å². The number of fused-ring (bicyclic) bond motifs is 1. The normalized spacial score (nSPS) is 12.3. The Morgan fingerprint density at radius 1 is 1.30 bits per heavy atom. The van der Waals surface area contributed by atoms with Gasteiger partial charge in [-0.15, -0.1) is 0 Å². The zero-order valence-corrected chi connectivity index (χ0v) is 14.7. The number of ether oxygens (including phenoxy) is 1. The highest BCUT2D eigenvalue weighted by Gasteiger charge is 2.20. The first-order valence-corrected chi connectivity index (χ1v) is 8.49. The van der Waals surface area contributed by atoms with Crippen molar-refractivity contribution in [2.24, 2.45) is 7.05 Å². The van der Waals surface area contributed by atoms with Crippen molar-refractivity contribution in [3.05, 3.63) is 70.2 Å². The van der Waals surface area contributed by atoms with Crippen molar-refractivity contribution in [2.45, 2.75) is 13.0 Å². The van der Waals surface area contributed by atoms with Gasteiger partial charge >= 0.3 is 0 Å². The highest BCUT2D eigenvalue weighted by molar-refractivity contribution is 5.97. The third kappa shape index (κ3) is 3.29. The lowest BCUT2D eigenvalue weighted by atomic mass is 10.1. The Morgan fingerprint density at radius 3 is 3.00 bits per heavy atom. The van der Waals surface area contributed by atoms with E-state index in [1.54, 1.807) is 25.4 Å². The molecule has 1 amide bonds. The predicted molar refractivity (Wildman–Crippen MR) is 97.3 cm³/mol. The molecule has 4 rings (SSSR count). The van der Waals surface area contributed by atoms with Gasteiger partial charge in [-0.25, -0.2) is 15.0 Å². The molecular weight excluding hydrogens is 346 g/mol. The highest BCUT2D eigenvalue weighted by atomic mass is 16.5. The highest BCUT2D eigenvalue weighted by Crippen LogP contribution is 2.29. The van der Waals surface area contributed by atoms with E-state index in [0.29, 0.717) is 35.1 Å². The van der Waals surface area contributed by atoms with Crippen LogP contribution in [0.2, 0.25) is 0 Å². The molecule has 3 heterocycles. The Morgan fingerprint density at radius 2 is 2.19 bits per heavy atom. The fraction of sp³-hybridized carbons (Fsp3) is 0.211. The average Bonchev–Trinajstić information content (AvgIpc) is 3.18. The Kier molecular flexibility index (Phi) is 4.37. The first kappa shape index (κ1) is 16.9. The molecule has 8 nitrogen and oxygen atoms in total. The third-order valence-electron chi connectivity index (χ3n) is 4.44. The van der Waals surface area contributed by atoms with Gasteiger partial charge in [0, 0.05) is 25.7 Å². The van der Waals surface area contributed by atoms with Gasteiger partial charge in [0.2, 0.25) is 0 Å². The van der Waals surface area contributed by atoms with Gasteiger partial charge in [0.15, 0.2) is 0 Å². The topological polar surface area (TPSA) is 99.0 Å². The summed E-state index contributed by atoms with van der Waals surface area (Å²) in [5.74, 6) is 0.792. The molecule has 1 aliphatic heterocycles. The maximum Gasteiger partial charge on any atom is 0.255 e. The van der Waals surface area contributed by atoms with Crippen molar-refractivity contribution in [1.29, 1.82) is 0 Å². The SMILES string of the molecule is Cn1c(CNC(=O)c2cccc3c2OCC3)nc(-c2ccncn2)cc1=O. The molecule has 1 aromatic carbocycles. The van der Waals surface area contributed by atoms with Gasteiger partial charge in [0.05, 0.1) is 30.1 Å². The van der Waals surface area contributed by atoms with E-state index in [1.165, 1.54) is 17.0 Å². The summed E-state index contributed by atoms with van der Waals surface area (Å²) in [5.41, 5.74) is 2.27. The van der Waals surface area contributed by atoms with Crippen LogP contribution in [0.15, 0.2) is 47.7 Å². The Bertz CT molecular complexity index is 1060. The van der Waals surface area contributed by atoms with Gasteiger partial charge in [-0.2, -0.15) is 0 Å². The van der Waals surface area contributed by atoms with Crippen LogP contribution in [0.1, 0.15) is 21.7 Å². The van der Waals surface area contributed by atoms with E-state index >= 15 is 0 Å². The number of hydrogen-bond acceptors (Lipinski definition) is 6. The second-order valence-corrected chi connectivity index (χ2v) is 6.12. The summed E-state index contributed by atoms with van der Waals surface area (Å²) in [6.07, 6.45) is 3.78. The van der Waals surface area contributed by atoms with Crippen LogP contribution in [0.25, 0.3) is 11.4 Å². The molecule has 3 aromatic rings. The Balaban J connectivity index is 1.58. The molecule has 27 heavy (non-hydrogen) atoms. The number of hydrogen-bond donors (Lipinski definition) is 1. The van der Waals surface area contributed by atoms with Crippen molar-refractivity contribution in [3.63, 3.8) is 0 Å². The minimum atomic E-state index is -0.268. The average molecular weight is 363 g/mol. The fourth-order valence-electron chi connectivity index (χ4n) is 2.97. The predicted octanol–water partition coefficient (Wildman–Crippen LogP) is 1.10. The largest absolute Gasteiger partial charge is 0.492 e. The molecule has 2 aromatic heterocycles. The molecule has 1 aliphatic rings. The first-order chi connectivity index (χ1) is 13.1. The lowest BCUT2D eigenvalue weighted by molar-refractivity contribution is 0.0946. The molecule has 0 aliphatic carbocycles. The van der Waals surface area contributed by atoms with Crippen molar-refractivity contribution in [2.75, 3.05) is 6.61 Å². The number of nitrogens with zero attached hydrogens (tertiary/aromatic N) is 4. The molecule has 0 unspecified atom stereocenters. The minimum Gasteiger partial charge on any atom is -0.492 e. The number of carbonyl (C=O) groups is 1. The van der Waals surface area contributed by atoms with E-state index in [2.05, 4.69) is 20.3 Å². The van der Waals surface area contributed by atoms with Crippen LogP contribution < -0.4 is 15.6 Å². The quantitative estimate of drug-likeness (QED) is 0.745. The molecule has 0 saturated heterocycles.